The molecule has 0 aliphatic heterocycles. The van der Waals surface area contributed by atoms with Crippen molar-refractivity contribution in [1.29, 1.82) is 0 Å². The van der Waals surface area contributed by atoms with Crippen molar-refractivity contribution in [1.82, 2.24) is 0 Å². The van der Waals surface area contributed by atoms with Gasteiger partial charge in [0.15, 0.2) is 0 Å². The van der Waals surface area contributed by atoms with Crippen LogP contribution >= 0.6 is 45.9 Å². The predicted octanol–water partition coefficient (Wildman–Crippen LogP) is 4.47. The maximum Gasteiger partial charge on any atom is 0.0995 e. The van der Waals surface area contributed by atoms with Crippen molar-refractivity contribution in [2.75, 3.05) is 0 Å². The van der Waals surface area contributed by atoms with Crippen LogP contribution in [0.25, 0.3) is 0 Å². The van der Waals surface area contributed by atoms with Crippen molar-refractivity contribution in [2.45, 2.75) is 13.0 Å². The van der Waals surface area contributed by atoms with E-state index < -0.39 is 0 Å². The minimum atomic E-state index is -0.175. The molecule has 1 unspecified atom stereocenters. The van der Waals surface area contributed by atoms with Crippen LogP contribution in [0.3, 0.4) is 0 Å². The molecule has 0 spiro atoms. The van der Waals surface area contributed by atoms with Gasteiger partial charge < -0.3 is 5.73 Å². The van der Waals surface area contributed by atoms with Gasteiger partial charge in [0.25, 0.3) is 0 Å². The van der Waals surface area contributed by atoms with Gasteiger partial charge in [0.1, 0.15) is 0 Å². The first-order valence-corrected chi connectivity index (χ1v) is 6.78. The lowest BCUT2D eigenvalue weighted by molar-refractivity contribution is 0.882. The first kappa shape index (κ1) is 11.4. The van der Waals surface area contributed by atoms with Crippen molar-refractivity contribution in [3.05, 3.63) is 42.2 Å². The number of thiophene rings is 2. The lowest BCUT2D eigenvalue weighted by Crippen LogP contribution is -2.10. The van der Waals surface area contributed by atoms with Crippen molar-refractivity contribution in [3.8, 4) is 0 Å². The zero-order valence-corrected chi connectivity index (χ0v) is 11.1. The SMILES string of the molecule is Cc1cc(C(N)c2cc(Cl)sc2Cl)cs1. The van der Waals surface area contributed by atoms with E-state index in [0.717, 1.165) is 11.1 Å². The van der Waals surface area contributed by atoms with E-state index in [1.165, 1.54) is 16.2 Å². The van der Waals surface area contributed by atoms with Crippen LogP contribution < -0.4 is 5.73 Å². The number of aryl methyl sites for hydroxylation is 1. The molecule has 0 aromatic carbocycles. The van der Waals surface area contributed by atoms with Gasteiger partial charge in [0, 0.05) is 10.4 Å². The van der Waals surface area contributed by atoms with Gasteiger partial charge in [-0.2, -0.15) is 0 Å². The van der Waals surface area contributed by atoms with Gasteiger partial charge in [-0.3, -0.25) is 0 Å². The van der Waals surface area contributed by atoms with Crippen LogP contribution in [0, 0.1) is 6.92 Å². The highest BCUT2D eigenvalue weighted by molar-refractivity contribution is 7.20. The molecule has 0 amide bonds. The van der Waals surface area contributed by atoms with E-state index in [-0.39, 0.29) is 6.04 Å². The van der Waals surface area contributed by atoms with Gasteiger partial charge >= 0.3 is 0 Å². The molecule has 0 fully saturated rings. The van der Waals surface area contributed by atoms with Gasteiger partial charge in [-0.15, -0.1) is 22.7 Å². The fraction of sp³-hybridized carbons (Fsp3) is 0.200. The highest BCUT2D eigenvalue weighted by atomic mass is 35.5. The summed E-state index contributed by atoms with van der Waals surface area (Å²) in [5.74, 6) is 0. The molecule has 0 saturated carbocycles. The minimum absolute atomic E-state index is 0.175. The summed E-state index contributed by atoms with van der Waals surface area (Å²) >= 11 is 15.0. The van der Waals surface area contributed by atoms with E-state index >= 15 is 0 Å². The summed E-state index contributed by atoms with van der Waals surface area (Å²) in [4.78, 5) is 1.25. The summed E-state index contributed by atoms with van der Waals surface area (Å²) in [6, 6.07) is 3.75. The van der Waals surface area contributed by atoms with Crippen molar-refractivity contribution >= 4 is 45.9 Å². The Morgan fingerprint density at radius 1 is 1.33 bits per heavy atom. The molecular weight excluding hydrogens is 269 g/mol. The molecule has 2 aromatic rings. The van der Waals surface area contributed by atoms with Gasteiger partial charge in [-0.05, 0) is 30.0 Å². The summed E-state index contributed by atoms with van der Waals surface area (Å²) in [6.45, 7) is 2.06. The number of rotatable bonds is 2. The average Bonchev–Trinajstić information content (AvgIpc) is 2.71. The lowest BCUT2D eigenvalue weighted by Gasteiger charge is -2.08. The molecule has 0 saturated heterocycles. The van der Waals surface area contributed by atoms with Crippen LogP contribution in [0.5, 0.6) is 0 Å². The zero-order chi connectivity index (χ0) is 11.0. The Bertz CT molecular complexity index is 475. The maximum absolute atomic E-state index is 6.11. The third-order valence-electron chi connectivity index (χ3n) is 2.13. The number of nitrogens with two attached hydrogens (primary N) is 1. The molecule has 0 aliphatic rings. The lowest BCUT2D eigenvalue weighted by atomic mass is 10.1. The van der Waals surface area contributed by atoms with Crippen molar-refractivity contribution in [2.24, 2.45) is 5.73 Å². The third-order valence-corrected chi connectivity index (χ3v) is 4.53. The second kappa shape index (κ2) is 4.44. The molecule has 5 heteroatoms. The van der Waals surface area contributed by atoms with Gasteiger partial charge in [-0.25, -0.2) is 0 Å². The number of hydrogen-bond donors (Lipinski definition) is 1. The van der Waals surface area contributed by atoms with Crippen LogP contribution in [-0.4, -0.2) is 0 Å². The highest BCUT2D eigenvalue weighted by Gasteiger charge is 2.16. The second-order valence-corrected chi connectivity index (χ2v) is 6.65. The standard InChI is InChI=1S/C10H9Cl2NS2/c1-5-2-6(4-14-5)9(13)7-3-8(11)15-10(7)12/h2-4,9H,13H2,1H3. The summed E-state index contributed by atoms with van der Waals surface area (Å²) < 4.78 is 1.36. The van der Waals surface area contributed by atoms with E-state index in [1.807, 2.05) is 6.07 Å². The second-order valence-electron chi connectivity index (χ2n) is 3.25. The molecule has 2 aromatic heterocycles. The van der Waals surface area contributed by atoms with Gasteiger partial charge in [0.2, 0.25) is 0 Å². The van der Waals surface area contributed by atoms with E-state index in [0.29, 0.717) is 8.67 Å². The number of hydrogen-bond acceptors (Lipinski definition) is 3. The first-order chi connectivity index (χ1) is 7.08. The van der Waals surface area contributed by atoms with Crippen molar-refractivity contribution in [3.63, 3.8) is 0 Å². The fourth-order valence-electron chi connectivity index (χ4n) is 1.37. The normalized spacial score (nSPS) is 13.1. The molecule has 2 N–H and O–H groups in total. The Hall–Kier alpha value is -0.0600. The zero-order valence-electron chi connectivity index (χ0n) is 7.96. The highest BCUT2D eigenvalue weighted by Crippen LogP contribution is 2.37. The largest absolute Gasteiger partial charge is 0.320 e. The molecule has 2 heterocycles. The Morgan fingerprint density at radius 2 is 2.07 bits per heavy atom. The van der Waals surface area contributed by atoms with E-state index in [9.17, 15) is 0 Å². The number of halogens is 2. The van der Waals surface area contributed by atoms with Gasteiger partial charge in [-0.1, -0.05) is 23.2 Å². The molecule has 1 atom stereocenters. The van der Waals surface area contributed by atoms with E-state index in [4.69, 9.17) is 28.9 Å². The van der Waals surface area contributed by atoms with Crippen molar-refractivity contribution < 1.29 is 0 Å². The monoisotopic (exact) mass is 277 g/mol. The van der Waals surface area contributed by atoms with E-state index in [2.05, 4.69) is 18.4 Å². The minimum Gasteiger partial charge on any atom is -0.320 e. The van der Waals surface area contributed by atoms with Crippen LogP contribution in [-0.2, 0) is 0 Å². The average molecular weight is 278 g/mol. The molecule has 0 radical (unpaired) electrons. The van der Waals surface area contributed by atoms with Crippen LogP contribution in [0.15, 0.2) is 17.5 Å². The van der Waals surface area contributed by atoms with Gasteiger partial charge in [0.05, 0.1) is 14.7 Å². The Morgan fingerprint density at radius 3 is 2.53 bits per heavy atom. The molecule has 15 heavy (non-hydrogen) atoms. The molecule has 80 valence electrons. The molecule has 1 nitrogen and oxygen atoms in total. The summed E-state index contributed by atoms with van der Waals surface area (Å²) in [5, 5.41) is 2.06. The third kappa shape index (κ3) is 2.37. The fourth-order valence-corrected chi connectivity index (χ4v) is 3.66. The van der Waals surface area contributed by atoms with Crippen LogP contribution in [0.2, 0.25) is 8.67 Å². The summed E-state index contributed by atoms with van der Waals surface area (Å²) in [5.41, 5.74) is 8.11. The topological polar surface area (TPSA) is 26.0 Å². The Kier molecular flexibility index (Phi) is 3.38. The Labute approximate surface area is 106 Å². The van der Waals surface area contributed by atoms with E-state index in [1.54, 1.807) is 11.3 Å². The molecular formula is C10H9Cl2NS2. The maximum atomic E-state index is 6.11. The predicted molar refractivity (Wildman–Crippen MR) is 69.4 cm³/mol. The summed E-state index contributed by atoms with van der Waals surface area (Å²) in [6.07, 6.45) is 0. The summed E-state index contributed by atoms with van der Waals surface area (Å²) in [7, 11) is 0. The quantitative estimate of drug-likeness (QED) is 0.861. The molecule has 2 rings (SSSR count). The first-order valence-electron chi connectivity index (χ1n) is 4.33. The smallest absolute Gasteiger partial charge is 0.0995 e. The molecule has 0 bridgehead atoms. The Balaban J connectivity index is 2.35. The molecule has 0 aliphatic carbocycles. The van der Waals surface area contributed by atoms with Crippen LogP contribution in [0.4, 0.5) is 0 Å². The van der Waals surface area contributed by atoms with Crippen LogP contribution in [0.1, 0.15) is 22.0 Å².